The van der Waals surface area contributed by atoms with Crippen molar-refractivity contribution in [2.75, 3.05) is 19.6 Å². The van der Waals surface area contributed by atoms with Crippen molar-refractivity contribution in [2.45, 2.75) is 25.8 Å². The molecule has 0 aliphatic heterocycles. The molecule has 1 amide bonds. The number of phenolic OH excluding ortho intramolecular Hbond substituents is 1. The maximum absolute atomic E-state index is 11.9. The van der Waals surface area contributed by atoms with E-state index >= 15 is 0 Å². The first-order valence-electron chi connectivity index (χ1n) is 7.96. The minimum Gasteiger partial charge on any atom is -0.508 e. The third-order valence-corrected chi connectivity index (χ3v) is 3.49. The van der Waals surface area contributed by atoms with Crippen molar-refractivity contribution >= 4 is 11.9 Å². The topological polar surface area (TPSA) is 85.8 Å². The second-order valence-electron chi connectivity index (χ2n) is 5.35. The van der Waals surface area contributed by atoms with Crippen LogP contribution in [0.4, 0.5) is 0 Å². The van der Waals surface area contributed by atoms with Gasteiger partial charge in [0.05, 0.1) is 6.54 Å². The van der Waals surface area contributed by atoms with Crippen LogP contribution >= 0.6 is 0 Å². The third-order valence-electron chi connectivity index (χ3n) is 3.49. The fourth-order valence-corrected chi connectivity index (χ4v) is 2.30. The van der Waals surface area contributed by atoms with E-state index < -0.39 is 0 Å². The van der Waals surface area contributed by atoms with Gasteiger partial charge in [0.15, 0.2) is 5.96 Å². The Bertz CT molecular complexity index is 558. The van der Waals surface area contributed by atoms with Gasteiger partial charge in [0.2, 0.25) is 0 Å². The largest absolute Gasteiger partial charge is 0.508 e. The quantitative estimate of drug-likeness (QED) is 0.276. The van der Waals surface area contributed by atoms with E-state index in [0.29, 0.717) is 24.7 Å². The van der Waals surface area contributed by atoms with Gasteiger partial charge in [-0.25, -0.2) is 0 Å². The summed E-state index contributed by atoms with van der Waals surface area (Å²) in [6, 6.07) is 6.57. The highest BCUT2D eigenvalue weighted by molar-refractivity contribution is 5.94. The molecule has 0 fully saturated rings. The van der Waals surface area contributed by atoms with Crippen molar-refractivity contribution in [3.8, 4) is 5.75 Å². The molecule has 124 valence electrons. The number of aromatic hydroxyl groups is 1. The second-order valence-corrected chi connectivity index (χ2v) is 5.35. The summed E-state index contributed by atoms with van der Waals surface area (Å²) in [5, 5.41) is 18.6. The zero-order chi connectivity index (χ0) is 16.5. The van der Waals surface area contributed by atoms with Crippen LogP contribution in [-0.4, -0.2) is 42.6 Å². The fraction of sp³-hybridized carbons (Fsp3) is 0.412. The monoisotopic (exact) mass is 316 g/mol. The van der Waals surface area contributed by atoms with Crippen molar-refractivity contribution in [3.63, 3.8) is 0 Å². The molecule has 6 heteroatoms. The summed E-state index contributed by atoms with van der Waals surface area (Å²) in [5.41, 5.74) is 0.522. The van der Waals surface area contributed by atoms with Crippen LogP contribution in [0.2, 0.25) is 0 Å². The number of rotatable bonds is 6. The Kier molecular flexibility index (Phi) is 6.47. The summed E-state index contributed by atoms with van der Waals surface area (Å²) in [6.45, 7) is 3.78. The zero-order valence-corrected chi connectivity index (χ0v) is 13.4. The van der Waals surface area contributed by atoms with Crippen molar-refractivity contribution < 1.29 is 9.90 Å². The first kappa shape index (κ1) is 16.9. The van der Waals surface area contributed by atoms with E-state index in [1.807, 2.05) is 6.92 Å². The Morgan fingerprint density at radius 2 is 1.91 bits per heavy atom. The van der Waals surface area contributed by atoms with E-state index in [1.165, 1.54) is 12.1 Å². The Morgan fingerprint density at radius 1 is 1.22 bits per heavy atom. The van der Waals surface area contributed by atoms with Gasteiger partial charge in [-0.1, -0.05) is 12.2 Å². The fourth-order valence-electron chi connectivity index (χ4n) is 2.30. The lowest BCUT2D eigenvalue weighted by Crippen LogP contribution is -2.43. The molecule has 6 nitrogen and oxygen atoms in total. The van der Waals surface area contributed by atoms with Gasteiger partial charge in [-0.3, -0.25) is 9.79 Å². The Morgan fingerprint density at radius 3 is 2.57 bits per heavy atom. The highest BCUT2D eigenvalue weighted by Gasteiger charge is 2.11. The normalized spacial score (nSPS) is 14.7. The first-order valence-corrected chi connectivity index (χ1v) is 7.96. The predicted octanol–water partition coefficient (Wildman–Crippen LogP) is 1.40. The van der Waals surface area contributed by atoms with E-state index in [2.05, 4.69) is 33.1 Å². The maximum Gasteiger partial charge on any atom is 0.251 e. The van der Waals surface area contributed by atoms with Gasteiger partial charge in [0.1, 0.15) is 5.75 Å². The van der Waals surface area contributed by atoms with Gasteiger partial charge in [0, 0.05) is 24.7 Å². The predicted molar refractivity (Wildman–Crippen MR) is 91.7 cm³/mol. The maximum atomic E-state index is 11.9. The molecule has 0 saturated heterocycles. The summed E-state index contributed by atoms with van der Waals surface area (Å²) in [5.74, 6) is 0.757. The standard InChI is InChI=1S/C17H24N4O2/c1-2-18-17(21-14-5-3-4-6-14)20-12-11-19-16(23)13-7-9-15(22)10-8-13/h3-4,7-10,14,22H,2,5-6,11-12H2,1H3,(H,19,23)(H2,18,20,21). The second kappa shape index (κ2) is 8.82. The number of benzene rings is 1. The van der Waals surface area contributed by atoms with Crippen LogP contribution in [0.5, 0.6) is 5.75 Å². The molecule has 1 aliphatic rings. The number of phenols is 1. The Balaban J connectivity index is 1.76. The number of carbonyl (C=O) groups excluding carboxylic acids is 1. The molecule has 0 atom stereocenters. The molecular formula is C17H24N4O2. The van der Waals surface area contributed by atoms with E-state index in [-0.39, 0.29) is 11.7 Å². The molecule has 1 aliphatic carbocycles. The van der Waals surface area contributed by atoms with E-state index in [1.54, 1.807) is 12.1 Å². The molecule has 0 spiro atoms. The zero-order valence-electron chi connectivity index (χ0n) is 13.4. The smallest absolute Gasteiger partial charge is 0.251 e. The number of hydrogen-bond acceptors (Lipinski definition) is 3. The molecule has 4 N–H and O–H groups in total. The summed E-state index contributed by atoms with van der Waals surface area (Å²) < 4.78 is 0. The van der Waals surface area contributed by atoms with Crippen LogP contribution in [0, 0.1) is 0 Å². The van der Waals surface area contributed by atoms with Crippen molar-refractivity contribution in [1.29, 1.82) is 0 Å². The third kappa shape index (κ3) is 5.65. The van der Waals surface area contributed by atoms with Crippen molar-refractivity contribution in [2.24, 2.45) is 4.99 Å². The van der Waals surface area contributed by atoms with Crippen LogP contribution in [-0.2, 0) is 0 Å². The van der Waals surface area contributed by atoms with Crippen LogP contribution in [0.15, 0.2) is 41.4 Å². The molecule has 1 aromatic rings. The lowest BCUT2D eigenvalue weighted by atomic mass is 10.2. The molecule has 0 heterocycles. The van der Waals surface area contributed by atoms with Crippen LogP contribution in [0.3, 0.4) is 0 Å². The summed E-state index contributed by atoms with van der Waals surface area (Å²) in [6.07, 6.45) is 6.36. The molecule has 0 radical (unpaired) electrons. The Labute approximate surface area is 136 Å². The molecule has 0 bridgehead atoms. The van der Waals surface area contributed by atoms with Gasteiger partial charge >= 0.3 is 0 Å². The lowest BCUT2D eigenvalue weighted by molar-refractivity contribution is 0.0955. The molecule has 23 heavy (non-hydrogen) atoms. The average Bonchev–Trinajstić information content (AvgIpc) is 3.05. The van der Waals surface area contributed by atoms with E-state index in [0.717, 1.165) is 25.3 Å². The summed E-state index contributed by atoms with van der Waals surface area (Å²) in [4.78, 5) is 16.4. The molecule has 0 aromatic heterocycles. The summed E-state index contributed by atoms with van der Waals surface area (Å²) >= 11 is 0. The minimum atomic E-state index is -0.168. The number of hydrogen-bond donors (Lipinski definition) is 4. The Hall–Kier alpha value is -2.50. The van der Waals surface area contributed by atoms with Gasteiger partial charge in [0.25, 0.3) is 5.91 Å². The SMILES string of the molecule is CCNC(=NCCNC(=O)c1ccc(O)cc1)NC1CC=CC1. The minimum absolute atomic E-state index is 0.147. The summed E-state index contributed by atoms with van der Waals surface area (Å²) in [7, 11) is 0. The van der Waals surface area contributed by atoms with Gasteiger partial charge in [-0.2, -0.15) is 0 Å². The van der Waals surface area contributed by atoms with Crippen LogP contribution in [0.1, 0.15) is 30.1 Å². The van der Waals surface area contributed by atoms with E-state index in [9.17, 15) is 9.90 Å². The van der Waals surface area contributed by atoms with Gasteiger partial charge in [-0.15, -0.1) is 0 Å². The van der Waals surface area contributed by atoms with Crippen LogP contribution < -0.4 is 16.0 Å². The highest BCUT2D eigenvalue weighted by Crippen LogP contribution is 2.09. The van der Waals surface area contributed by atoms with Gasteiger partial charge in [-0.05, 0) is 44.0 Å². The number of aliphatic imine (C=N–C) groups is 1. The first-order chi connectivity index (χ1) is 11.2. The molecule has 0 saturated carbocycles. The highest BCUT2D eigenvalue weighted by atomic mass is 16.3. The lowest BCUT2D eigenvalue weighted by Gasteiger charge is -2.16. The van der Waals surface area contributed by atoms with Crippen LogP contribution in [0.25, 0.3) is 0 Å². The number of nitrogens with one attached hydrogen (secondary N) is 3. The van der Waals surface area contributed by atoms with E-state index in [4.69, 9.17) is 0 Å². The number of nitrogens with zero attached hydrogens (tertiary/aromatic N) is 1. The van der Waals surface area contributed by atoms with Crippen molar-refractivity contribution in [3.05, 3.63) is 42.0 Å². The average molecular weight is 316 g/mol. The molecule has 1 aromatic carbocycles. The van der Waals surface area contributed by atoms with Crippen molar-refractivity contribution in [1.82, 2.24) is 16.0 Å². The molecular weight excluding hydrogens is 292 g/mol. The van der Waals surface area contributed by atoms with Gasteiger partial charge < -0.3 is 21.1 Å². The number of amides is 1. The molecule has 2 rings (SSSR count). The number of guanidine groups is 1. The number of carbonyl (C=O) groups is 1. The molecule has 0 unspecified atom stereocenters.